The standard InChI is InChI=1S/C20H18N2O2/c23-20(24-16-18-9-5-2-6-10-18)12-11-19-13-21-22(15-19)14-17-7-3-1-4-8-17/h1-13,15H,14,16H2/b12-11+. The van der Waals surface area contributed by atoms with Crippen molar-refractivity contribution in [1.82, 2.24) is 9.78 Å². The largest absolute Gasteiger partial charge is 0.458 e. The summed E-state index contributed by atoms with van der Waals surface area (Å²) in [5.41, 5.74) is 3.01. The molecule has 4 nitrogen and oxygen atoms in total. The van der Waals surface area contributed by atoms with Crippen LogP contribution in [0, 0.1) is 0 Å². The highest BCUT2D eigenvalue weighted by Gasteiger charge is 2.00. The van der Waals surface area contributed by atoms with Gasteiger partial charge in [-0.1, -0.05) is 60.7 Å². The molecule has 0 radical (unpaired) electrons. The monoisotopic (exact) mass is 318 g/mol. The third-order valence-electron chi connectivity index (χ3n) is 3.48. The highest BCUT2D eigenvalue weighted by molar-refractivity contribution is 5.86. The Morgan fingerprint density at radius 1 is 1.00 bits per heavy atom. The maximum absolute atomic E-state index is 11.8. The fourth-order valence-corrected chi connectivity index (χ4v) is 2.26. The number of benzene rings is 2. The molecule has 0 unspecified atom stereocenters. The van der Waals surface area contributed by atoms with Gasteiger partial charge in [-0.2, -0.15) is 5.10 Å². The number of carbonyl (C=O) groups excluding carboxylic acids is 1. The minimum atomic E-state index is -0.366. The lowest BCUT2D eigenvalue weighted by molar-refractivity contribution is -0.138. The summed E-state index contributed by atoms with van der Waals surface area (Å²) in [6, 6.07) is 19.7. The van der Waals surface area contributed by atoms with Crippen molar-refractivity contribution in [2.75, 3.05) is 0 Å². The summed E-state index contributed by atoms with van der Waals surface area (Å²) >= 11 is 0. The highest BCUT2D eigenvalue weighted by atomic mass is 16.5. The van der Waals surface area contributed by atoms with Crippen LogP contribution in [-0.2, 0) is 22.7 Å². The average molecular weight is 318 g/mol. The molecule has 0 saturated heterocycles. The van der Waals surface area contributed by atoms with Crippen molar-refractivity contribution in [1.29, 1.82) is 0 Å². The Labute approximate surface area is 141 Å². The molecule has 120 valence electrons. The SMILES string of the molecule is O=C(/C=C/c1cnn(Cc2ccccc2)c1)OCc1ccccc1. The molecule has 2 aromatic carbocycles. The summed E-state index contributed by atoms with van der Waals surface area (Å²) in [5, 5.41) is 4.30. The summed E-state index contributed by atoms with van der Waals surface area (Å²) < 4.78 is 7.04. The van der Waals surface area contributed by atoms with Gasteiger partial charge in [0, 0.05) is 17.8 Å². The Morgan fingerprint density at radius 3 is 2.38 bits per heavy atom. The Morgan fingerprint density at radius 2 is 1.67 bits per heavy atom. The van der Waals surface area contributed by atoms with Crippen LogP contribution in [0.3, 0.4) is 0 Å². The fraction of sp³-hybridized carbons (Fsp3) is 0.100. The van der Waals surface area contributed by atoms with Crippen LogP contribution in [0.2, 0.25) is 0 Å². The topological polar surface area (TPSA) is 44.1 Å². The van der Waals surface area contributed by atoms with Crippen LogP contribution >= 0.6 is 0 Å². The number of ether oxygens (including phenoxy) is 1. The summed E-state index contributed by atoms with van der Waals surface area (Å²) in [5.74, 6) is -0.366. The van der Waals surface area contributed by atoms with Crippen molar-refractivity contribution in [3.8, 4) is 0 Å². The molecule has 0 fully saturated rings. The van der Waals surface area contributed by atoms with E-state index in [1.165, 1.54) is 11.6 Å². The van der Waals surface area contributed by atoms with Gasteiger partial charge >= 0.3 is 5.97 Å². The number of aromatic nitrogens is 2. The maximum atomic E-state index is 11.8. The zero-order valence-corrected chi connectivity index (χ0v) is 13.2. The molecule has 0 spiro atoms. The first-order valence-electron chi connectivity index (χ1n) is 7.75. The van der Waals surface area contributed by atoms with Crippen LogP contribution in [-0.4, -0.2) is 15.7 Å². The molecular weight excluding hydrogens is 300 g/mol. The Balaban J connectivity index is 1.52. The van der Waals surface area contributed by atoms with Crippen LogP contribution in [0.1, 0.15) is 16.7 Å². The van der Waals surface area contributed by atoms with Crippen LogP contribution in [0.15, 0.2) is 79.1 Å². The van der Waals surface area contributed by atoms with E-state index >= 15 is 0 Å². The van der Waals surface area contributed by atoms with Gasteiger partial charge < -0.3 is 4.74 Å². The molecule has 0 aliphatic rings. The van der Waals surface area contributed by atoms with Crippen molar-refractivity contribution < 1.29 is 9.53 Å². The molecule has 0 N–H and O–H groups in total. The Bertz CT molecular complexity index is 808. The van der Waals surface area contributed by atoms with Gasteiger partial charge in [0.2, 0.25) is 0 Å². The first-order chi connectivity index (χ1) is 11.8. The summed E-state index contributed by atoms with van der Waals surface area (Å²) in [6.45, 7) is 0.977. The van der Waals surface area contributed by atoms with Crippen molar-refractivity contribution in [3.63, 3.8) is 0 Å². The number of hydrogen-bond donors (Lipinski definition) is 0. The zero-order valence-electron chi connectivity index (χ0n) is 13.2. The summed E-state index contributed by atoms with van der Waals surface area (Å²) in [7, 11) is 0. The molecule has 0 bridgehead atoms. The first-order valence-corrected chi connectivity index (χ1v) is 7.75. The van der Waals surface area contributed by atoms with Crippen molar-refractivity contribution >= 4 is 12.0 Å². The molecule has 4 heteroatoms. The minimum absolute atomic E-state index is 0.275. The predicted molar refractivity (Wildman–Crippen MR) is 93.0 cm³/mol. The lowest BCUT2D eigenvalue weighted by Crippen LogP contribution is -2.00. The van der Waals surface area contributed by atoms with Gasteiger partial charge in [-0.05, 0) is 17.2 Å². The molecule has 0 atom stereocenters. The Hall–Kier alpha value is -3.14. The van der Waals surface area contributed by atoms with E-state index in [4.69, 9.17) is 4.74 Å². The number of nitrogens with zero attached hydrogens (tertiary/aromatic N) is 2. The van der Waals surface area contributed by atoms with Gasteiger partial charge in [-0.3, -0.25) is 4.68 Å². The molecule has 3 aromatic rings. The van der Waals surface area contributed by atoms with Gasteiger partial charge in [-0.25, -0.2) is 4.79 Å². The smallest absolute Gasteiger partial charge is 0.331 e. The fourth-order valence-electron chi connectivity index (χ4n) is 2.26. The molecule has 24 heavy (non-hydrogen) atoms. The second-order valence-electron chi connectivity index (χ2n) is 5.38. The quantitative estimate of drug-likeness (QED) is 0.514. The van der Waals surface area contributed by atoms with E-state index < -0.39 is 0 Å². The molecule has 1 heterocycles. The van der Waals surface area contributed by atoms with E-state index in [0.29, 0.717) is 6.54 Å². The van der Waals surface area contributed by atoms with Gasteiger partial charge in [0.1, 0.15) is 6.61 Å². The number of esters is 1. The highest BCUT2D eigenvalue weighted by Crippen LogP contribution is 2.06. The van der Waals surface area contributed by atoms with Gasteiger partial charge in [-0.15, -0.1) is 0 Å². The van der Waals surface area contributed by atoms with Crippen molar-refractivity contribution in [3.05, 3.63) is 95.8 Å². The van der Waals surface area contributed by atoms with Gasteiger partial charge in [0.15, 0.2) is 0 Å². The van der Waals surface area contributed by atoms with Crippen molar-refractivity contribution in [2.24, 2.45) is 0 Å². The third-order valence-corrected chi connectivity index (χ3v) is 3.48. The van der Waals surface area contributed by atoms with Crippen LogP contribution in [0.25, 0.3) is 6.08 Å². The predicted octanol–water partition coefficient (Wildman–Crippen LogP) is 3.69. The summed E-state index contributed by atoms with van der Waals surface area (Å²) in [6.07, 6.45) is 6.76. The normalized spacial score (nSPS) is 10.8. The zero-order chi connectivity index (χ0) is 16.6. The van der Waals surface area contributed by atoms with Crippen LogP contribution in [0.5, 0.6) is 0 Å². The van der Waals surface area contributed by atoms with E-state index in [1.54, 1.807) is 12.3 Å². The average Bonchev–Trinajstić information content (AvgIpc) is 3.07. The molecular formula is C20H18N2O2. The second kappa shape index (κ2) is 7.92. The van der Waals surface area contributed by atoms with E-state index in [2.05, 4.69) is 17.2 Å². The van der Waals surface area contributed by atoms with Crippen LogP contribution < -0.4 is 0 Å². The molecule has 0 aliphatic carbocycles. The van der Waals surface area contributed by atoms with E-state index in [-0.39, 0.29) is 12.6 Å². The molecule has 1 aromatic heterocycles. The lowest BCUT2D eigenvalue weighted by atomic mass is 10.2. The summed E-state index contributed by atoms with van der Waals surface area (Å²) in [4.78, 5) is 11.8. The van der Waals surface area contributed by atoms with E-state index in [1.807, 2.05) is 59.4 Å². The maximum Gasteiger partial charge on any atom is 0.331 e. The van der Waals surface area contributed by atoms with Gasteiger partial charge in [0.25, 0.3) is 0 Å². The van der Waals surface area contributed by atoms with Gasteiger partial charge in [0.05, 0.1) is 12.7 Å². The third kappa shape index (κ3) is 4.68. The molecule has 0 saturated carbocycles. The first kappa shape index (κ1) is 15.7. The van der Waals surface area contributed by atoms with Crippen molar-refractivity contribution in [2.45, 2.75) is 13.2 Å². The number of hydrogen-bond acceptors (Lipinski definition) is 3. The molecule has 0 aliphatic heterocycles. The Kier molecular flexibility index (Phi) is 5.20. The second-order valence-corrected chi connectivity index (χ2v) is 5.38. The van der Waals surface area contributed by atoms with E-state index in [0.717, 1.165) is 11.1 Å². The minimum Gasteiger partial charge on any atom is -0.458 e. The number of rotatable bonds is 6. The van der Waals surface area contributed by atoms with Crippen LogP contribution in [0.4, 0.5) is 0 Å². The lowest BCUT2D eigenvalue weighted by Gasteiger charge is -2.01. The molecule has 0 amide bonds. The number of carbonyl (C=O) groups is 1. The van der Waals surface area contributed by atoms with E-state index in [9.17, 15) is 4.79 Å². The molecule has 3 rings (SSSR count).